The second-order valence-corrected chi connectivity index (χ2v) is 8.85. The second kappa shape index (κ2) is 8.49. The highest BCUT2D eigenvalue weighted by Gasteiger charge is 2.39. The molecule has 4 unspecified atom stereocenters. The quantitative estimate of drug-likeness (QED) is 0.761. The number of benzene rings is 1. The Morgan fingerprint density at radius 1 is 1.46 bits per heavy atom. The van der Waals surface area contributed by atoms with Crippen LogP contribution >= 0.6 is 23.4 Å². The van der Waals surface area contributed by atoms with Gasteiger partial charge in [-0.05, 0) is 56.4 Å². The molecule has 1 saturated heterocycles. The lowest BCUT2D eigenvalue weighted by Gasteiger charge is -2.39. The molecule has 1 aliphatic carbocycles. The predicted octanol–water partition coefficient (Wildman–Crippen LogP) is 4.00. The zero-order valence-electron chi connectivity index (χ0n) is 15.1. The first-order valence-corrected chi connectivity index (χ1v) is 10.5. The summed E-state index contributed by atoms with van der Waals surface area (Å²) < 4.78 is 0. The van der Waals surface area contributed by atoms with Crippen LogP contribution in [0.4, 0.5) is 0 Å². The van der Waals surface area contributed by atoms with Gasteiger partial charge in [-0.2, -0.15) is 0 Å². The molecular formula is C20H25ClN2O2S. The van der Waals surface area contributed by atoms with Crippen molar-refractivity contribution in [2.24, 2.45) is 5.92 Å². The maximum atomic E-state index is 12.5. The third kappa shape index (κ3) is 4.63. The summed E-state index contributed by atoms with van der Waals surface area (Å²) in [6.45, 7) is 4.09. The lowest BCUT2D eigenvalue weighted by molar-refractivity contribution is -0.127. The Morgan fingerprint density at radius 3 is 3.00 bits per heavy atom. The first-order chi connectivity index (χ1) is 12.5. The number of nitrogens with one attached hydrogen (secondary N) is 2. The van der Waals surface area contributed by atoms with Crippen molar-refractivity contribution in [3.8, 4) is 0 Å². The van der Waals surface area contributed by atoms with Crippen LogP contribution in [0.1, 0.15) is 45.1 Å². The summed E-state index contributed by atoms with van der Waals surface area (Å²) in [6.07, 6.45) is 5.34. The Hall–Kier alpha value is -1.46. The minimum absolute atomic E-state index is 0.00962. The molecule has 26 heavy (non-hydrogen) atoms. The number of amides is 2. The van der Waals surface area contributed by atoms with Crippen molar-refractivity contribution in [1.29, 1.82) is 0 Å². The number of rotatable bonds is 4. The van der Waals surface area contributed by atoms with Crippen LogP contribution in [0, 0.1) is 5.92 Å². The Balaban J connectivity index is 1.65. The molecule has 1 heterocycles. The van der Waals surface area contributed by atoms with Crippen LogP contribution in [0.15, 0.2) is 29.2 Å². The summed E-state index contributed by atoms with van der Waals surface area (Å²) in [5.74, 6) is 0.0566. The first-order valence-electron chi connectivity index (χ1n) is 9.21. The molecule has 0 aromatic heterocycles. The fraction of sp³-hybridized carbons (Fsp3) is 0.500. The van der Waals surface area contributed by atoms with Crippen LogP contribution in [0.3, 0.4) is 0 Å². The third-order valence-electron chi connectivity index (χ3n) is 5.12. The summed E-state index contributed by atoms with van der Waals surface area (Å²) in [5, 5.41) is 7.17. The van der Waals surface area contributed by atoms with Gasteiger partial charge in [0.1, 0.15) is 0 Å². The van der Waals surface area contributed by atoms with Gasteiger partial charge in [0, 0.05) is 28.3 Å². The average Bonchev–Trinajstić information content (AvgIpc) is 2.61. The summed E-state index contributed by atoms with van der Waals surface area (Å²) in [5.41, 5.74) is 0.926. The van der Waals surface area contributed by atoms with E-state index in [9.17, 15) is 9.59 Å². The number of carbonyl (C=O) groups is 2. The van der Waals surface area contributed by atoms with Gasteiger partial charge < -0.3 is 10.6 Å². The number of carbonyl (C=O) groups excluding carboxylic acids is 2. The van der Waals surface area contributed by atoms with Crippen LogP contribution in [0.5, 0.6) is 0 Å². The van der Waals surface area contributed by atoms with Crippen LogP contribution in [0.2, 0.25) is 5.02 Å². The highest BCUT2D eigenvalue weighted by Crippen LogP contribution is 2.40. The van der Waals surface area contributed by atoms with Gasteiger partial charge in [0.05, 0.1) is 4.91 Å². The minimum atomic E-state index is -0.0563. The minimum Gasteiger partial charge on any atom is -0.353 e. The first kappa shape index (κ1) is 19.3. The van der Waals surface area contributed by atoms with Crippen LogP contribution < -0.4 is 10.6 Å². The topological polar surface area (TPSA) is 58.2 Å². The molecule has 2 N–H and O–H groups in total. The molecule has 0 spiro atoms. The van der Waals surface area contributed by atoms with Crippen molar-refractivity contribution in [3.05, 3.63) is 39.8 Å². The van der Waals surface area contributed by atoms with Gasteiger partial charge in [-0.25, -0.2) is 0 Å². The molecule has 4 atom stereocenters. The smallest absolute Gasteiger partial charge is 0.257 e. The van der Waals surface area contributed by atoms with Gasteiger partial charge in [-0.3, -0.25) is 9.59 Å². The van der Waals surface area contributed by atoms with Gasteiger partial charge in [-0.15, -0.1) is 11.8 Å². The molecular weight excluding hydrogens is 368 g/mol. The van der Waals surface area contributed by atoms with Crippen molar-refractivity contribution in [1.82, 2.24) is 10.6 Å². The van der Waals surface area contributed by atoms with Crippen LogP contribution in [0.25, 0.3) is 6.08 Å². The van der Waals surface area contributed by atoms with Crippen molar-refractivity contribution < 1.29 is 9.59 Å². The standard InChI is InChI=1S/C20H25ClN2O2S/c1-3-12(2)22-19(24)14-7-8-17-16(11-14)23-20(25)18(26-17)10-13-5-4-6-15(21)9-13/h4-6,9-10,12,14,16-17H,3,7-8,11H2,1-2H3,(H,22,24)(H,23,25)/b18-10+. The Bertz CT molecular complexity index is 722. The molecule has 2 aliphatic rings. The summed E-state index contributed by atoms with van der Waals surface area (Å²) in [4.78, 5) is 25.6. The lowest BCUT2D eigenvalue weighted by Crippen LogP contribution is -2.52. The SMILES string of the molecule is CCC(C)NC(=O)C1CCC2S/C(=C/c3cccc(Cl)c3)C(=O)NC2C1. The van der Waals surface area contributed by atoms with Crippen LogP contribution in [-0.2, 0) is 9.59 Å². The lowest BCUT2D eigenvalue weighted by atomic mass is 9.84. The zero-order valence-corrected chi connectivity index (χ0v) is 16.7. The molecule has 0 bridgehead atoms. The van der Waals surface area contributed by atoms with E-state index in [-0.39, 0.29) is 29.8 Å². The highest BCUT2D eigenvalue weighted by molar-refractivity contribution is 8.04. The molecule has 1 aromatic rings. The maximum absolute atomic E-state index is 12.5. The monoisotopic (exact) mass is 392 g/mol. The molecule has 1 saturated carbocycles. The van der Waals surface area contributed by atoms with E-state index in [0.29, 0.717) is 10.3 Å². The van der Waals surface area contributed by atoms with E-state index in [2.05, 4.69) is 17.6 Å². The van der Waals surface area contributed by atoms with Crippen molar-refractivity contribution in [3.63, 3.8) is 0 Å². The Kier molecular flexibility index (Phi) is 6.30. The van der Waals surface area contributed by atoms with Gasteiger partial charge in [0.15, 0.2) is 0 Å². The van der Waals surface area contributed by atoms with Gasteiger partial charge in [0.2, 0.25) is 5.91 Å². The molecule has 6 heteroatoms. The van der Waals surface area contributed by atoms with E-state index in [1.807, 2.05) is 37.3 Å². The van der Waals surface area contributed by atoms with E-state index in [4.69, 9.17) is 11.6 Å². The summed E-state index contributed by atoms with van der Waals surface area (Å²) >= 11 is 7.66. The van der Waals surface area contributed by atoms with Gasteiger partial charge in [-0.1, -0.05) is 30.7 Å². The number of thioether (sulfide) groups is 1. The third-order valence-corrected chi connectivity index (χ3v) is 6.78. The molecule has 0 radical (unpaired) electrons. The second-order valence-electron chi connectivity index (χ2n) is 7.13. The summed E-state index contributed by atoms with van der Waals surface area (Å²) in [6, 6.07) is 7.75. The van der Waals surface area contributed by atoms with E-state index in [1.54, 1.807) is 11.8 Å². The maximum Gasteiger partial charge on any atom is 0.257 e. The number of halogens is 1. The van der Waals surface area contributed by atoms with Crippen molar-refractivity contribution in [2.45, 2.75) is 56.9 Å². The molecule has 4 nitrogen and oxygen atoms in total. The van der Waals surface area contributed by atoms with E-state index < -0.39 is 0 Å². The number of hydrogen-bond acceptors (Lipinski definition) is 3. The highest BCUT2D eigenvalue weighted by atomic mass is 35.5. The predicted molar refractivity (Wildman–Crippen MR) is 108 cm³/mol. The molecule has 1 aliphatic heterocycles. The average molecular weight is 393 g/mol. The van der Waals surface area contributed by atoms with Crippen molar-refractivity contribution >= 4 is 41.3 Å². The Labute approximate surface area is 164 Å². The van der Waals surface area contributed by atoms with Gasteiger partial charge in [0.25, 0.3) is 5.91 Å². The van der Waals surface area contributed by atoms with Gasteiger partial charge >= 0.3 is 0 Å². The molecule has 3 rings (SSSR count). The number of fused-ring (bicyclic) bond motifs is 1. The molecule has 1 aromatic carbocycles. The fourth-order valence-electron chi connectivity index (χ4n) is 3.44. The van der Waals surface area contributed by atoms with E-state index in [0.717, 1.165) is 36.2 Å². The molecule has 2 fully saturated rings. The molecule has 2 amide bonds. The number of hydrogen-bond donors (Lipinski definition) is 2. The van der Waals surface area contributed by atoms with Crippen LogP contribution in [-0.4, -0.2) is 29.1 Å². The van der Waals surface area contributed by atoms with Crippen molar-refractivity contribution in [2.75, 3.05) is 0 Å². The normalized spacial score (nSPS) is 28.2. The van der Waals surface area contributed by atoms with E-state index >= 15 is 0 Å². The molecule has 140 valence electrons. The zero-order chi connectivity index (χ0) is 18.7. The largest absolute Gasteiger partial charge is 0.353 e. The fourth-order valence-corrected chi connectivity index (χ4v) is 4.93. The summed E-state index contributed by atoms with van der Waals surface area (Å²) in [7, 11) is 0. The Morgan fingerprint density at radius 2 is 2.27 bits per heavy atom. The van der Waals surface area contributed by atoms with E-state index in [1.165, 1.54) is 0 Å².